The minimum atomic E-state index is -0.804. The number of rotatable bonds is 3. The first-order valence-electron chi connectivity index (χ1n) is 7.45. The molecule has 1 fully saturated rings. The van der Waals surface area contributed by atoms with Crippen LogP contribution >= 0.6 is 11.3 Å². The molecule has 114 valence electrons. The van der Waals surface area contributed by atoms with Gasteiger partial charge in [0.05, 0.1) is 6.54 Å². The van der Waals surface area contributed by atoms with Crippen LogP contribution in [-0.4, -0.2) is 52.5 Å². The first-order valence-corrected chi connectivity index (χ1v) is 8.33. The van der Waals surface area contributed by atoms with Crippen LogP contribution in [0.1, 0.15) is 29.7 Å². The van der Waals surface area contributed by atoms with E-state index < -0.39 is 12.0 Å². The summed E-state index contributed by atoms with van der Waals surface area (Å²) in [5, 5.41) is 11.3. The summed E-state index contributed by atoms with van der Waals surface area (Å²) in [6.45, 7) is 2.36. The average Bonchev–Trinajstić information content (AvgIpc) is 2.94. The van der Waals surface area contributed by atoms with Gasteiger partial charge in [-0.3, -0.25) is 14.5 Å². The van der Waals surface area contributed by atoms with Crippen molar-refractivity contribution in [3.63, 3.8) is 0 Å². The largest absolute Gasteiger partial charge is 0.480 e. The molecule has 1 N–H and O–H groups in total. The molecule has 5 nitrogen and oxygen atoms in total. The van der Waals surface area contributed by atoms with Gasteiger partial charge >= 0.3 is 5.97 Å². The van der Waals surface area contributed by atoms with Crippen LogP contribution < -0.4 is 0 Å². The normalized spacial score (nSPS) is 22.9. The lowest BCUT2D eigenvalue weighted by Gasteiger charge is -2.35. The summed E-state index contributed by atoms with van der Waals surface area (Å²) in [5.41, 5.74) is 1.24. The second-order valence-corrected chi connectivity index (χ2v) is 6.76. The molecular formula is C15H20N2O3S. The Labute approximate surface area is 128 Å². The zero-order chi connectivity index (χ0) is 14.8. The van der Waals surface area contributed by atoms with E-state index in [0.29, 0.717) is 19.5 Å². The second-order valence-electron chi connectivity index (χ2n) is 5.75. The van der Waals surface area contributed by atoms with Gasteiger partial charge in [0.2, 0.25) is 5.91 Å². The van der Waals surface area contributed by atoms with Crippen LogP contribution in [0, 0.1) is 0 Å². The standard InChI is InChI=1S/C15H20N2O3S/c18-14(10-16-6-2-1-3-12(16)15(19)20)17-7-4-13-11(9-17)5-8-21-13/h5,8,12H,1-4,6-7,9-10H2,(H,19,20). The number of aliphatic carboxylic acids is 1. The third-order valence-electron chi connectivity index (χ3n) is 4.40. The molecule has 1 unspecified atom stereocenters. The number of carbonyl (C=O) groups excluding carboxylic acids is 1. The lowest BCUT2D eigenvalue weighted by molar-refractivity contribution is -0.146. The smallest absolute Gasteiger partial charge is 0.320 e. The van der Waals surface area contributed by atoms with Crippen LogP contribution in [0.2, 0.25) is 0 Å². The Kier molecular flexibility index (Phi) is 4.26. The number of hydrogen-bond acceptors (Lipinski definition) is 4. The second kappa shape index (κ2) is 6.15. The quantitative estimate of drug-likeness (QED) is 0.921. The molecule has 2 aliphatic heterocycles. The molecule has 1 saturated heterocycles. The average molecular weight is 308 g/mol. The molecule has 0 aliphatic carbocycles. The number of hydrogen-bond donors (Lipinski definition) is 1. The predicted molar refractivity (Wildman–Crippen MR) is 80.3 cm³/mol. The molecule has 3 rings (SSSR count). The van der Waals surface area contributed by atoms with Gasteiger partial charge in [-0.25, -0.2) is 0 Å². The van der Waals surface area contributed by atoms with Crippen molar-refractivity contribution in [3.8, 4) is 0 Å². The fraction of sp³-hybridized carbons (Fsp3) is 0.600. The molecule has 3 heterocycles. The number of carboxylic acids is 1. The summed E-state index contributed by atoms with van der Waals surface area (Å²) < 4.78 is 0. The van der Waals surface area contributed by atoms with E-state index >= 15 is 0 Å². The van der Waals surface area contributed by atoms with Crippen LogP contribution in [0.3, 0.4) is 0 Å². The van der Waals surface area contributed by atoms with Crippen LogP contribution in [0.15, 0.2) is 11.4 Å². The van der Waals surface area contributed by atoms with E-state index in [1.807, 2.05) is 9.80 Å². The van der Waals surface area contributed by atoms with Crippen molar-refractivity contribution in [2.75, 3.05) is 19.6 Å². The number of thiophene rings is 1. The molecule has 0 bridgehead atoms. The molecule has 1 amide bonds. The molecule has 0 radical (unpaired) electrons. The van der Waals surface area contributed by atoms with Crippen molar-refractivity contribution >= 4 is 23.2 Å². The van der Waals surface area contributed by atoms with Gasteiger partial charge in [-0.15, -0.1) is 11.3 Å². The number of fused-ring (bicyclic) bond motifs is 1. The molecule has 21 heavy (non-hydrogen) atoms. The highest BCUT2D eigenvalue weighted by Crippen LogP contribution is 2.24. The third kappa shape index (κ3) is 3.11. The number of nitrogens with zero attached hydrogens (tertiary/aromatic N) is 2. The van der Waals surface area contributed by atoms with E-state index in [-0.39, 0.29) is 12.5 Å². The van der Waals surface area contributed by atoms with E-state index in [1.165, 1.54) is 10.4 Å². The Morgan fingerprint density at radius 3 is 3.00 bits per heavy atom. The summed E-state index contributed by atoms with van der Waals surface area (Å²) in [4.78, 5) is 28.8. The van der Waals surface area contributed by atoms with E-state index in [1.54, 1.807) is 11.3 Å². The number of piperidine rings is 1. The zero-order valence-corrected chi connectivity index (χ0v) is 12.8. The maximum absolute atomic E-state index is 12.5. The lowest BCUT2D eigenvalue weighted by Crippen LogP contribution is -2.50. The van der Waals surface area contributed by atoms with E-state index in [2.05, 4.69) is 11.4 Å². The third-order valence-corrected chi connectivity index (χ3v) is 5.42. The van der Waals surface area contributed by atoms with Gasteiger partial charge in [-0.1, -0.05) is 6.42 Å². The molecule has 1 atom stereocenters. The fourth-order valence-electron chi connectivity index (χ4n) is 3.19. The zero-order valence-electron chi connectivity index (χ0n) is 12.0. The summed E-state index contributed by atoms with van der Waals surface area (Å²) in [6, 6.07) is 1.59. The van der Waals surface area contributed by atoms with Crippen molar-refractivity contribution in [2.45, 2.75) is 38.3 Å². The Morgan fingerprint density at radius 2 is 2.19 bits per heavy atom. The van der Waals surface area contributed by atoms with Gasteiger partial charge in [0.25, 0.3) is 0 Å². The minimum absolute atomic E-state index is 0.0556. The molecule has 1 aromatic heterocycles. The van der Waals surface area contributed by atoms with Crippen molar-refractivity contribution in [1.29, 1.82) is 0 Å². The molecule has 2 aliphatic rings. The molecule has 6 heteroatoms. The van der Waals surface area contributed by atoms with E-state index in [0.717, 1.165) is 25.8 Å². The van der Waals surface area contributed by atoms with Gasteiger partial charge in [0, 0.05) is 18.0 Å². The van der Waals surface area contributed by atoms with Gasteiger partial charge in [-0.2, -0.15) is 0 Å². The van der Waals surface area contributed by atoms with Crippen molar-refractivity contribution < 1.29 is 14.7 Å². The van der Waals surface area contributed by atoms with Crippen molar-refractivity contribution in [2.24, 2.45) is 0 Å². The highest BCUT2D eigenvalue weighted by molar-refractivity contribution is 7.10. The SMILES string of the molecule is O=C(O)C1CCCCN1CC(=O)N1CCc2sccc2C1. The summed E-state index contributed by atoms with van der Waals surface area (Å²) >= 11 is 1.75. The maximum atomic E-state index is 12.5. The Morgan fingerprint density at radius 1 is 1.33 bits per heavy atom. The highest BCUT2D eigenvalue weighted by Gasteiger charge is 2.31. The van der Waals surface area contributed by atoms with Crippen molar-refractivity contribution in [3.05, 3.63) is 21.9 Å². The Hall–Kier alpha value is -1.40. The first kappa shape index (κ1) is 14.5. The summed E-state index contributed by atoms with van der Waals surface area (Å²) in [5.74, 6) is -0.749. The first-order chi connectivity index (χ1) is 10.1. The highest BCUT2D eigenvalue weighted by atomic mass is 32.1. The summed E-state index contributed by atoms with van der Waals surface area (Å²) in [7, 11) is 0. The lowest BCUT2D eigenvalue weighted by atomic mass is 10.0. The number of likely N-dealkylation sites (tertiary alicyclic amines) is 1. The molecular weight excluding hydrogens is 288 g/mol. The molecule has 1 aromatic rings. The van der Waals surface area contributed by atoms with Crippen LogP contribution in [0.4, 0.5) is 0 Å². The van der Waals surface area contributed by atoms with E-state index in [9.17, 15) is 14.7 Å². The van der Waals surface area contributed by atoms with Gasteiger partial charge in [0.15, 0.2) is 0 Å². The van der Waals surface area contributed by atoms with E-state index in [4.69, 9.17) is 0 Å². The predicted octanol–water partition coefficient (Wildman–Crippen LogP) is 1.57. The number of amides is 1. The van der Waals surface area contributed by atoms with Crippen LogP contribution in [-0.2, 0) is 22.6 Å². The maximum Gasteiger partial charge on any atom is 0.320 e. The fourth-order valence-corrected chi connectivity index (χ4v) is 4.08. The Bertz CT molecular complexity index is 543. The van der Waals surface area contributed by atoms with Gasteiger partial charge < -0.3 is 10.0 Å². The van der Waals surface area contributed by atoms with Gasteiger partial charge in [0.1, 0.15) is 6.04 Å². The monoisotopic (exact) mass is 308 g/mol. The van der Waals surface area contributed by atoms with Crippen molar-refractivity contribution in [1.82, 2.24) is 9.80 Å². The minimum Gasteiger partial charge on any atom is -0.480 e. The molecule has 0 saturated carbocycles. The van der Waals surface area contributed by atoms with Gasteiger partial charge in [-0.05, 0) is 42.8 Å². The summed E-state index contributed by atoms with van der Waals surface area (Å²) in [6.07, 6.45) is 3.48. The molecule has 0 aromatic carbocycles. The Balaban J connectivity index is 1.62. The number of carboxylic acid groups (broad SMARTS) is 1. The van der Waals surface area contributed by atoms with Crippen LogP contribution in [0.25, 0.3) is 0 Å². The van der Waals surface area contributed by atoms with Crippen LogP contribution in [0.5, 0.6) is 0 Å². The molecule has 0 spiro atoms. The topological polar surface area (TPSA) is 60.9 Å². The number of carbonyl (C=O) groups is 2.